The highest BCUT2D eigenvalue weighted by Gasteiger charge is 2.71. The van der Waals surface area contributed by atoms with E-state index in [1.165, 1.54) is 7.11 Å². The van der Waals surface area contributed by atoms with Crippen LogP contribution in [0.5, 0.6) is 0 Å². The van der Waals surface area contributed by atoms with E-state index in [1.807, 2.05) is 6.08 Å². The third-order valence-electron chi connectivity index (χ3n) is 4.43. The van der Waals surface area contributed by atoms with E-state index in [-0.39, 0.29) is 29.3 Å². The zero-order valence-electron chi connectivity index (χ0n) is 8.14. The lowest BCUT2D eigenvalue weighted by atomic mass is 9.42. The highest BCUT2D eigenvalue weighted by molar-refractivity contribution is 5.77. The van der Waals surface area contributed by atoms with Gasteiger partial charge < -0.3 is 9.84 Å². The first kappa shape index (κ1) is 8.48. The van der Waals surface area contributed by atoms with Crippen molar-refractivity contribution < 1.29 is 14.6 Å². The standard InChI is InChI=1S/C11H14O3/c1-14-10(13)9-6-2-3-8(12)11(6)5-4-7(9)11/h4-9,12H,2-3H2,1H3/t6-,7-,8-,9-,11?/m1/s1. The van der Waals surface area contributed by atoms with Gasteiger partial charge in [-0.05, 0) is 18.8 Å². The number of methoxy groups -OCH3 is 1. The minimum atomic E-state index is -0.233. The van der Waals surface area contributed by atoms with E-state index in [4.69, 9.17) is 4.74 Å². The van der Waals surface area contributed by atoms with E-state index >= 15 is 0 Å². The van der Waals surface area contributed by atoms with E-state index in [9.17, 15) is 9.90 Å². The van der Waals surface area contributed by atoms with Gasteiger partial charge in [0.25, 0.3) is 0 Å². The number of hydrogen-bond donors (Lipinski definition) is 1. The average Bonchev–Trinajstić information content (AvgIpc) is 2.48. The summed E-state index contributed by atoms with van der Waals surface area (Å²) >= 11 is 0. The normalized spacial score (nSPS) is 52.7. The molecule has 0 aromatic carbocycles. The number of ether oxygens (including phenoxy) is 1. The molecule has 5 atom stereocenters. The molecule has 76 valence electrons. The first-order valence-electron chi connectivity index (χ1n) is 5.17. The van der Waals surface area contributed by atoms with Crippen LogP contribution in [0.4, 0.5) is 0 Å². The molecule has 0 radical (unpaired) electrons. The maximum atomic E-state index is 11.5. The van der Waals surface area contributed by atoms with Crippen molar-refractivity contribution in [1.29, 1.82) is 0 Å². The van der Waals surface area contributed by atoms with Crippen LogP contribution in [-0.4, -0.2) is 24.3 Å². The highest BCUT2D eigenvalue weighted by Crippen LogP contribution is 2.70. The van der Waals surface area contributed by atoms with Gasteiger partial charge in [0, 0.05) is 11.3 Å². The molecule has 1 N–H and O–H groups in total. The summed E-state index contributed by atoms with van der Waals surface area (Å²) in [7, 11) is 1.44. The van der Waals surface area contributed by atoms with Crippen molar-refractivity contribution in [2.75, 3.05) is 7.11 Å². The molecule has 0 aromatic rings. The van der Waals surface area contributed by atoms with E-state index in [0.29, 0.717) is 5.92 Å². The average molecular weight is 194 g/mol. The van der Waals surface area contributed by atoms with Crippen LogP contribution in [0.3, 0.4) is 0 Å². The maximum absolute atomic E-state index is 11.5. The van der Waals surface area contributed by atoms with Gasteiger partial charge in [-0.2, -0.15) is 0 Å². The van der Waals surface area contributed by atoms with Crippen molar-refractivity contribution in [3.8, 4) is 0 Å². The van der Waals surface area contributed by atoms with Gasteiger partial charge in [-0.15, -0.1) is 0 Å². The molecule has 3 heteroatoms. The third-order valence-corrected chi connectivity index (χ3v) is 4.43. The Morgan fingerprint density at radius 2 is 2.36 bits per heavy atom. The van der Waals surface area contributed by atoms with Gasteiger partial charge in [-0.3, -0.25) is 4.79 Å². The van der Waals surface area contributed by atoms with Crippen LogP contribution in [0.25, 0.3) is 0 Å². The summed E-state index contributed by atoms with van der Waals surface area (Å²) in [6, 6.07) is 0. The minimum Gasteiger partial charge on any atom is -0.469 e. The lowest BCUT2D eigenvalue weighted by Crippen LogP contribution is -2.63. The van der Waals surface area contributed by atoms with Gasteiger partial charge in [-0.25, -0.2) is 0 Å². The summed E-state index contributed by atoms with van der Waals surface area (Å²) in [6.07, 6.45) is 5.70. The van der Waals surface area contributed by atoms with Crippen molar-refractivity contribution in [2.24, 2.45) is 23.2 Å². The molecule has 1 unspecified atom stereocenters. The second-order valence-electron chi connectivity index (χ2n) is 4.63. The fourth-order valence-electron chi connectivity index (χ4n) is 3.72. The van der Waals surface area contributed by atoms with Crippen molar-refractivity contribution in [2.45, 2.75) is 18.9 Å². The second-order valence-corrected chi connectivity index (χ2v) is 4.63. The molecule has 1 spiro atoms. The van der Waals surface area contributed by atoms with Gasteiger partial charge in [0.1, 0.15) is 0 Å². The van der Waals surface area contributed by atoms with Crippen LogP contribution in [0.1, 0.15) is 12.8 Å². The summed E-state index contributed by atoms with van der Waals surface area (Å²) in [4.78, 5) is 11.5. The smallest absolute Gasteiger partial charge is 0.309 e. The Labute approximate surface area is 82.8 Å². The van der Waals surface area contributed by atoms with E-state index in [1.54, 1.807) is 0 Å². The topological polar surface area (TPSA) is 46.5 Å². The molecular formula is C11H14O3. The Hall–Kier alpha value is -0.830. The summed E-state index contributed by atoms with van der Waals surface area (Å²) < 4.78 is 4.79. The number of allylic oxidation sites excluding steroid dienone is 1. The fraction of sp³-hybridized carbons (Fsp3) is 0.727. The number of carbonyl (C=O) groups excluding carboxylic acids is 1. The number of esters is 1. The SMILES string of the molecule is COC(=O)[C@H]1[C@H]2C=CC23[C@H](O)CC[C@H]13. The number of rotatable bonds is 1. The van der Waals surface area contributed by atoms with E-state index in [2.05, 4.69) is 6.08 Å². The number of aliphatic hydroxyl groups is 1. The van der Waals surface area contributed by atoms with Crippen LogP contribution in [-0.2, 0) is 9.53 Å². The summed E-state index contributed by atoms with van der Waals surface area (Å²) in [5.41, 5.74) is -0.0428. The number of hydrogen-bond acceptors (Lipinski definition) is 3. The fourth-order valence-corrected chi connectivity index (χ4v) is 3.72. The van der Waals surface area contributed by atoms with Crippen LogP contribution < -0.4 is 0 Å². The Morgan fingerprint density at radius 3 is 2.93 bits per heavy atom. The summed E-state index contributed by atoms with van der Waals surface area (Å²) in [6.45, 7) is 0. The predicted octanol–water partition coefficient (Wildman–Crippen LogP) is 0.732. The zero-order valence-corrected chi connectivity index (χ0v) is 8.14. The maximum Gasteiger partial charge on any atom is 0.309 e. The van der Waals surface area contributed by atoms with Crippen LogP contribution in [0.2, 0.25) is 0 Å². The van der Waals surface area contributed by atoms with Crippen LogP contribution in [0.15, 0.2) is 12.2 Å². The van der Waals surface area contributed by atoms with Crippen LogP contribution in [0, 0.1) is 23.2 Å². The summed E-state index contributed by atoms with van der Waals surface area (Å²) in [5.74, 6) is 0.494. The van der Waals surface area contributed by atoms with E-state index in [0.717, 1.165) is 12.8 Å². The Morgan fingerprint density at radius 1 is 1.57 bits per heavy atom. The van der Waals surface area contributed by atoms with Crippen molar-refractivity contribution >= 4 is 5.97 Å². The summed E-state index contributed by atoms with van der Waals surface area (Å²) in [5, 5.41) is 9.87. The molecule has 2 fully saturated rings. The first-order valence-corrected chi connectivity index (χ1v) is 5.17. The predicted molar refractivity (Wildman–Crippen MR) is 49.3 cm³/mol. The molecular weight excluding hydrogens is 180 g/mol. The Balaban J connectivity index is 1.90. The van der Waals surface area contributed by atoms with Gasteiger partial charge in [0.2, 0.25) is 0 Å². The Kier molecular flexibility index (Phi) is 1.45. The third kappa shape index (κ3) is 0.650. The van der Waals surface area contributed by atoms with Gasteiger partial charge in [-0.1, -0.05) is 12.2 Å². The molecule has 3 aliphatic rings. The van der Waals surface area contributed by atoms with Crippen molar-refractivity contribution in [1.82, 2.24) is 0 Å². The number of carbonyl (C=O) groups is 1. The minimum absolute atomic E-state index is 0.0159. The lowest BCUT2D eigenvalue weighted by Gasteiger charge is -2.61. The quantitative estimate of drug-likeness (QED) is 0.494. The molecule has 3 rings (SSSR count). The number of aliphatic hydroxyl groups excluding tert-OH is 1. The molecule has 2 saturated carbocycles. The second kappa shape index (κ2) is 2.40. The van der Waals surface area contributed by atoms with Crippen molar-refractivity contribution in [3.63, 3.8) is 0 Å². The van der Waals surface area contributed by atoms with Crippen LogP contribution >= 0.6 is 0 Å². The molecule has 0 heterocycles. The van der Waals surface area contributed by atoms with Crippen molar-refractivity contribution in [3.05, 3.63) is 12.2 Å². The monoisotopic (exact) mass is 194 g/mol. The molecule has 0 saturated heterocycles. The molecule has 3 nitrogen and oxygen atoms in total. The van der Waals surface area contributed by atoms with Gasteiger partial charge in [0.15, 0.2) is 0 Å². The highest BCUT2D eigenvalue weighted by atomic mass is 16.5. The molecule has 14 heavy (non-hydrogen) atoms. The van der Waals surface area contributed by atoms with Gasteiger partial charge >= 0.3 is 5.97 Å². The lowest BCUT2D eigenvalue weighted by molar-refractivity contribution is -0.176. The molecule has 0 aliphatic heterocycles. The van der Waals surface area contributed by atoms with E-state index < -0.39 is 0 Å². The largest absolute Gasteiger partial charge is 0.469 e. The Bertz CT molecular complexity index is 322. The first-order chi connectivity index (χ1) is 6.71. The zero-order chi connectivity index (χ0) is 9.92. The van der Waals surface area contributed by atoms with Gasteiger partial charge in [0.05, 0.1) is 19.1 Å². The molecule has 0 amide bonds. The molecule has 3 aliphatic carbocycles. The molecule has 0 aromatic heterocycles. The molecule has 0 bridgehead atoms.